The second kappa shape index (κ2) is 6.73. The van der Waals surface area contributed by atoms with Gasteiger partial charge in [-0.1, -0.05) is 47.5 Å². The van der Waals surface area contributed by atoms with Gasteiger partial charge in [-0.15, -0.1) is 0 Å². The van der Waals surface area contributed by atoms with E-state index in [1.54, 1.807) is 0 Å². The van der Waals surface area contributed by atoms with Gasteiger partial charge in [0.1, 0.15) is 11.5 Å². The molecule has 0 saturated heterocycles. The van der Waals surface area contributed by atoms with Crippen LogP contribution in [0.5, 0.6) is 11.5 Å². The van der Waals surface area contributed by atoms with Crippen molar-refractivity contribution in [1.82, 2.24) is 0 Å². The highest BCUT2D eigenvalue weighted by Crippen LogP contribution is 2.31. The standard InChI is InChI=1S/C16H17BrO2/c1-2-6-16(18)14-11-13(9-10-15(14)17)19-12-7-4-3-5-8-12/h3-5,7-11,16,18H,2,6H2,1H3. The maximum absolute atomic E-state index is 10.1. The Hall–Kier alpha value is -1.32. The number of hydrogen-bond acceptors (Lipinski definition) is 2. The minimum absolute atomic E-state index is 0.460. The normalized spacial score (nSPS) is 12.2. The highest BCUT2D eigenvalue weighted by Gasteiger charge is 2.12. The summed E-state index contributed by atoms with van der Waals surface area (Å²) < 4.78 is 6.68. The third-order valence-electron chi connectivity index (χ3n) is 2.87. The molecule has 0 amide bonds. The summed E-state index contributed by atoms with van der Waals surface area (Å²) >= 11 is 3.47. The van der Waals surface area contributed by atoms with Gasteiger partial charge in [-0.25, -0.2) is 0 Å². The summed E-state index contributed by atoms with van der Waals surface area (Å²) in [5.74, 6) is 1.53. The van der Waals surface area contributed by atoms with Gasteiger partial charge in [0, 0.05) is 4.47 Å². The van der Waals surface area contributed by atoms with Crippen molar-refractivity contribution in [2.45, 2.75) is 25.9 Å². The van der Waals surface area contributed by atoms with Gasteiger partial charge >= 0.3 is 0 Å². The van der Waals surface area contributed by atoms with Crippen LogP contribution in [0, 0.1) is 0 Å². The highest BCUT2D eigenvalue weighted by atomic mass is 79.9. The fourth-order valence-electron chi connectivity index (χ4n) is 1.89. The summed E-state index contributed by atoms with van der Waals surface area (Å²) in [7, 11) is 0. The van der Waals surface area contributed by atoms with Crippen molar-refractivity contribution in [3.63, 3.8) is 0 Å². The molecule has 0 spiro atoms. The number of para-hydroxylation sites is 1. The van der Waals surface area contributed by atoms with Crippen LogP contribution in [0.3, 0.4) is 0 Å². The van der Waals surface area contributed by atoms with Gasteiger partial charge in [0.15, 0.2) is 0 Å². The van der Waals surface area contributed by atoms with Crippen LogP contribution in [-0.2, 0) is 0 Å². The molecule has 0 radical (unpaired) electrons. The molecule has 0 aliphatic heterocycles. The van der Waals surface area contributed by atoms with Crippen LogP contribution in [0.4, 0.5) is 0 Å². The second-order valence-corrected chi connectivity index (χ2v) is 5.26. The summed E-state index contributed by atoms with van der Waals surface area (Å²) in [6.45, 7) is 2.06. The molecule has 1 atom stereocenters. The van der Waals surface area contributed by atoms with Crippen LogP contribution in [0.2, 0.25) is 0 Å². The number of hydrogen-bond donors (Lipinski definition) is 1. The first kappa shape index (κ1) is 14.1. The van der Waals surface area contributed by atoms with Crippen LogP contribution in [0.25, 0.3) is 0 Å². The van der Waals surface area contributed by atoms with Crippen LogP contribution in [0.1, 0.15) is 31.4 Å². The summed E-state index contributed by atoms with van der Waals surface area (Å²) in [5.41, 5.74) is 0.871. The van der Waals surface area contributed by atoms with Crippen molar-refractivity contribution < 1.29 is 9.84 Å². The summed E-state index contributed by atoms with van der Waals surface area (Å²) in [6.07, 6.45) is 1.23. The zero-order chi connectivity index (χ0) is 13.7. The monoisotopic (exact) mass is 320 g/mol. The van der Waals surface area contributed by atoms with Gasteiger partial charge in [-0.2, -0.15) is 0 Å². The molecular weight excluding hydrogens is 304 g/mol. The van der Waals surface area contributed by atoms with E-state index in [4.69, 9.17) is 4.74 Å². The molecule has 2 nitrogen and oxygen atoms in total. The first-order valence-corrected chi connectivity index (χ1v) is 7.20. The van der Waals surface area contributed by atoms with Crippen molar-refractivity contribution in [2.24, 2.45) is 0 Å². The van der Waals surface area contributed by atoms with Crippen molar-refractivity contribution in [3.05, 3.63) is 58.6 Å². The van der Waals surface area contributed by atoms with Crippen molar-refractivity contribution >= 4 is 15.9 Å². The smallest absolute Gasteiger partial charge is 0.127 e. The minimum atomic E-state index is -0.460. The third kappa shape index (κ3) is 3.82. The first-order chi connectivity index (χ1) is 9.20. The van der Waals surface area contributed by atoms with E-state index in [9.17, 15) is 5.11 Å². The number of aliphatic hydroxyl groups is 1. The Bertz CT molecular complexity index is 526. The zero-order valence-corrected chi connectivity index (χ0v) is 12.4. The van der Waals surface area contributed by atoms with Crippen LogP contribution in [-0.4, -0.2) is 5.11 Å². The fourth-order valence-corrected chi connectivity index (χ4v) is 2.41. The van der Waals surface area contributed by atoms with Crippen LogP contribution in [0.15, 0.2) is 53.0 Å². The molecular formula is C16H17BrO2. The fraction of sp³-hybridized carbons (Fsp3) is 0.250. The van der Waals surface area contributed by atoms with E-state index in [-0.39, 0.29) is 0 Å². The van der Waals surface area contributed by atoms with Gasteiger partial charge in [0.2, 0.25) is 0 Å². The molecule has 0 heterocycles. The van der Waals surface area contributed by atoms with Gasteiger partial charge in [-0.05, 0) is 42.3 Å². The number of ether oxygens (including phenoxy) is 1. The van der Waals surface area contributed by atoms with E-state index in [2.05, 4.69) is 22.9 Å². The topological polar surface area (TPSA) is 29.5 Å². The second-order valence-electron chi connectivity index (χ2n) is 4.40. The lowest BCUT2D eigenvalue weighted by Gasteiger charge is -2.14. The summed E-state index contributed by atoms with van der Waals surface area (Å²) in [5, 5.41) is 10.1. The van der Waals surface area contributed by atoms with Gasteiger partial charge < -0.3 is 9.84 Å². The number of rotatable bonds is 5. The maximum Gasteiger partial charge on any atom is 0.127 e. The molecule has 0 fully saturated rings. The molecule has 0 aliphatic carbocycles. The molecule has 0 saturated carbocycles. The Morgan fingerprint density at radius 2 is 1.84 bits per heavy atom. The van der Waals surface area contributed by atoms with Gasteiger partial charge in [-0.3, -0.25) is 0 Å². The average Bonchev–Trinajstić information content (AvgIpc) is 2.42. The lowest BCUT2D eigenvalue weighted by atomic mass is 10.1. The predicted molar refractivity (Wildman–Crippen MR) is 80.5 cm³/mol. The first-order valence-electron chi connectivity index (χ1n) is 6.41. The Morgan fingerprint density at radius 3 is 2.53 bits per heavy atom. The van der Waals surface area contributed by atoms with Crippen LogP contribution < -0.4 is 4.74 Å². The van der Waals surface area contributed by atoms with Gasteiger partial charge in [0.05, 0.1) is 6.10 Å². The molecule has 0 aromatic heterocycles. The minimum Gasteiger partial charge on any atom is -0.457 e. The van der Waals surface area contributed by atoms with Crippen molar-refractivity contribution in [1.29, 1.82) is 0 Å². The molecule has 19 heavy (non-hydrogen) atoms. The van der Waals surface area contributed by atoms with Crippen LogP contribution >= 0.6 is 15.9 Å². The van der Waals surface area contributed by atoms with E-state index in [1.165, 1.54) is 0 Å². The zero-order valence-electron chi connectivity index (χ0n) is 10.8. The van der Waals surface area contributed by atoms with E-state index >= 15 is 0 Å². The van der Waals surface area contributed by atoms with E-state index < -0.39 is 6.10 Å². The molecule has 2 aromatic rings. The number of aliphatic hydroxyl groups excluding tert-OH is 1. The molecule has 2 aromatic carbocycles. The SMILES string of the molecule is CCCC(O)c1cc(Oc2ccccc2)ccc1Br. The summed E-state index contributed by atoms with van der Waals surface area (Å²) in [6, 6.07) is 15.3. The number of benzene rings is 2. The Labute approximate surface area is 122 Å². The Kier molecular flexibility index (Phi) is 5.00. The quantitative estimate of drug-likeness (QED) is 0.832. The Morgan fingerprint density at radius 1 is 1.11 bits per heavy atom. The van der Waals surface area contributed by atoms with E-state index in [1.807, 2.05) is 48.5 Å². The van der Waals surface area contributed by atoms with E-state index in [0.29, 0.717) is 0 Å². The molecule has 0 aliphatic rings. The number of halogens is 1. The maximum atomic E-state index is 10.1. The molecule has 100 valence electrons. The lowest BCUT2D eigenvalue weighted by molar-refractivity contribution is 0.165. The summed E-state index contributed by atoms with van der Waals surface area (Å²) in [4.78, 5) is 0. The van der Waals surface area contributed by atoms with Crippen molar-refractivity contribution in [3.8, 4) is 11.5 Å². The molecule has 1 unspecified atom stereocenters. The van der Waals surface area contributed by atoms with E-state index in [0.717, 1.165) is 34.4 Å². The Balaban J connectivity index is 2.21. The predicted octanol–water partition coefficient (Wildman–Crippen LogP) is 5.07. The molecule has 3 heteroatoms. The van der Waals surface area contributed by atoms with Crippen molar-refractivity contribution in [2.75, 3.05) is 0 Å². The molecule has 1 N–H and O–H groups in total. The lowest BCUT2D eigenvalue weighted by Crippen LogP contribution is -1.98. The molecule has 2 rings (SSSR count). The highest BCUT2D eigenvalue weighted by molar-refractivity contribution is 9.10. The molecule has 0 bridgehead atoms. The van der Waals surface area contributed by atoms with Gasteiger partial charge in [0.25, 0.3) is 0 Å². The third-order valence-corrected chi connectivity index (χ3v) is 3.59. The largest absolute Gasteiger partial charge is 0.457 e. The average molecular weight is 321 g/mol.